The molecule has 1 N–H and O–H groups in total. The topological polar surface area (TPSA) is 28.7 Å². The van der Waals surface area contributed by atoms with Crippen molar-refractivity contribution in [2.24, 2.45) is 0 Å². The molecule has 0 spiro atoms. The molecule has 0 amide bonds. The number of aromatic nitrogens is 2. The van der Waals surface area contributed by atoms with E-state index in [4.69, 9.17) is 0 Å². The van der Waals surface area contributed by atoms with Crippen LogP contribution in [0.2, 0.25) is 0 Å². The van der Waals surface area contributed by atoms with Crippen LogP contribution in [0.15, 0.2) is 35.5 Å². The Morgan fingerprint density at radius 2 is 2.14 bits per heavy atom. The van der Waals surface area contributed by atoms with E-state index in [-0.39, 0.29) is 19.5 Å². The molecule has 2 rings (SSSR count). The maximum absolute atomic E-state index is 4.44. The summed E-state index contributed by atoms with van der Waals surface area (Å²) in [5.74, 6) is 0.869. The van der Waals surface area contributed by atoms with E-state index in [1.165, 1.54) is 0 Å². The van der Waals surface area contributed by atoms with Gasteiger partial charge in [0.05, 0.1) is 0 Å². The van der Waals surface area contributed by atoms with Crippen molar-refractivity contribution >= 4 is 12.6 Å². The van der Waals surface area contributed by atoms with Crippen molar-refractivity contribution in [1.29, 1.82) is 0 Å². The first-order valence-electron chi connectivity index (χ1n) is 4.07. The van der Waals surface area contributed by atoms with Crippen LogP contribution >= 0.6 is 12.6 Å². The fourth-order valence-corrected chi connectivity index (χ4v) is 1.52. The average molecular weight is 256 g/mol. The van der Waals surface area contributed by atoms with Crippen molar-refractivity contribution in [3.63, 3.8) is 0 Å². The molecule has 2 nitrogen and oxygen atoms in total. The predicted molar refractivity (Wildman–Crippen MR) is 56.0 cm³/mol. The van der Waals surface area contributed by atoms with Crippen molar-refractivity contribution in [2.45, 2.75) is 11.8 Å². The Morgan fingerprint density at radius 1 is 1.36 bits per heavy atom. The summed E-state index contributed by atoms with van der Waals surface area (Å²) >= 11 is 4.44. The first kappa shape index (κ1) is 11.5. The first-order chi connectivity index (χ1) is 6.29. The molecule has 1 heterocycles. The van der Waals surface area contributed by atoms with Gasteiger partial charge in [-0.2, -0.15) is 0 Å². The second-order valence-corrected chi connectivity index (χ2v) is 3.36. The van der Waals surface area contributed by atoms with Crippen LogP contribution in [0.4, 0.5) is 0 Å². The number of hydrogen-bond acceptors (Lipinski definition) is 2. The molecule has 14 heavy (non-hydrogen) atoms. The number of H-pyrrole nitrogens is 1. The summed E-state index contributed by atoms with van der Waals surface area (Å²) < 4.78 is 0. The van der Waals surface area contributed by atoms with Gasteiger partial charge in [-0.1, -0.05) is 18.2 Å². The maximum Gasteiger partial charge on any atom is 0.138 e. The van der Waals surface area contributed by atoms with E-state index < -0.39 is 0 Å². The van der Waals surface area contributed by atoms with E-state index in [2.05, 4.69) is 22.6 Å². The van der Waals surface area contributed by atoms with Crippen molar-refractivity contribution in [2.75, 3.05) is 0 Å². The van der Waals surface area contributed by atoms with Gasteiger partial charge in [0.2, 0.25) is 0 Å². The number of aryl methyl sites for hydroxylation is 1. The zero-order valence-electron chi connectivity index (χ0n) is 7.99. The number of nitrogens with zero attached hydrogens (tertiary/aromatic N) is 1. The molecule has 4 heteroatoms. The summed E-state index contributed by atoms with van der Waals surface area (Å²) in [5, 5.41) is 0. The van der Waals surface area contributed by atoms with Crippen LogP contribution in [-0.2, 0) is 19.5 Å². The number of hydrogen-bond donors (Lipinski definition) is 2. The number of aromatic amines is 1. The minimum absolute atomic E-state index is 0. The summed E-state index contributed by atoms with van der Waals surface area (Å²) in [6.45, 7) is 2.04. The molecule has 68 valence electrons. The van der Waals surface area contributed by atoms with Gasteiger partial charge in [0.25, 0.3) is 0 Å². The molecule has 0 atom stereocenters. The van der Waals surface area contributed by atoms with Crippen LogP contribution in [-0.4, -0.2) is 9.97 Å². The molecule has 1 aromatic heterocycles. The SMILES string of the molecule is Cc1cccc(-c2ncc[nH]2)c1S.[Zn]. The minimum Gasteiger partial charge on any atom is -0.345 e. The quantitative estimate of drug-likeness (QED) is 0.595. The van der Waals surface area contributed by atoms with E-state index in [0.29, 0.717) is 0 Å². The second kappa shape index (κ2) is 4.76. The van der Waals surface area contributed by atoms with Gasteiger partial charge in [-0.25, -0.2) is 4.98 Å². The molecule has 0 bridgehead atoms. The fourth-order valence-electron chi connectivity index (χ4n) is 1.26. The zero-order chi connectivity index (χ0) is 9.26. The van der Waals surface area contributed by atoms with Crippen LogP contribution in [0.1, 0.15) is 5.56 Å². The van der Waals surface area contributed by atoms with Crippen molar-refractivity contribution in [3.8, 4) is 11.4 Å². The van der Waals surface area contributed by atoms with Gasteiger partial charge in [0.1, 0.15) is 5.82 Å². The Balaban J connectivity index is 0.000000980. The largest absolute Gasteiger partial charge is 0.345 e. The standard InChI is InChI=1S/C10H10N2S.Zn/c1-7-3-2-4-8(9(7)13)10-11-5-6-12-10;/h2-6,13H,1H3,(H,11,12);. The number of thiol groups is 1. The Labute approximate surface area is 101 Å². The van der Waals surface area contributed by atoms with Crippen LogP contribution < -0.4 is 0 Å². The summed E-state index contributed by atoms with van der Waals surface area (Å²) in [7, 11) is 0. The van der Waals surface area contributed by atoms with Crippen molar-refractivity contribution in [1.82, 2.24) is 9.97 Å². The molecule has 2 aromatic rings. The van der Waals surface area contributed by atoms with Crippen LogP contribution in [0.5, 0.6) is 0 Å². The number of nitrogens with one attached hydrogen (secondary N) is 1. The van der Waals surface area contributed by atoms with Gasteiger partial charge >= 0.3 is 0 Å². The smallest absolute Gasteiger partial charge is 0.138 e. The number of rotatable bonds is 1. The van der Waals surface area contributed by atoms with E-state index >= 15 is 0 Å². The van der Waals surface area contributed by atoms with Crippen molar-refractivity contribution < 1.29 is 19.5 Å². The molecule has 0 aliphatic heterocycles. The molecule has 1 aromatic carbocycles. The third-order valence-corrected chi connectivity index (χ3v) is 2.58. The Kier molecular flexibility index (Phi) is 3.90. The summed E-state index contributed by atoms with van der Waals surface area (Å²) in [5.41, 5.74) is 2.21. The Morgan fingerprint density at radius 3 is 2.79 bits per heavy atom. The van der Waals surface area contributed by atoms with Gasteiger partial charge in [0, 0.05) is 42.3 Å². The second-order valence-electron chi connectivity index (χ2n) is 2.91. The number of benzene rings is 1. The van der Waals surface area contributed by atoms with Crippen LogP contribution in [0.25, 0.3) is 11.4 Å². The van der Waals surface area contributed by atoms with Crippen LogP contribution in [0, 0.1) is 6.92 Å². The summed E-state index contributed by atoms with van der Waals surface area (Å²) in [4.78, 5) is 8.23. The molecular weight excluding hydrogens is 246 g/mol. The molecular formula is C10H10N2SZn. The van der Waals surface area contributed by atoms with E-state index in [9.17, 15) is 0 Å². The van der Waals surface area contributed by atoms with Gasteiger partial charge in [-0.15, -0.1) is 12.6 Å². The van der Waals surface area contributed by atoms with Crippen LogP contribution in [0.3, 0.4) is 0 Å². The molecule has 0 aliphatic rings. The summed E-state index contributed by atoms with van der Waals surface area (Å²) in [6, 6.07) is 6.05. The molecule has 0 saturated heterocycles. The Hall–Kier alpha value is -0.597. The molecule has 0 aliphatic carbocycles. The zero-order valence-corrected chi connectivity index (χ0v) is 11.8. The monoisotopic (exact) mass is 254 g/mol. The van der Waals surface area contributed by atoms with Crippen molar-refractivity contribution in [3.05, 3.63) is 36.2 Å². The normalized spacial score (nSPS) is 9.57. The molecule has 0 saturated carbocycles. The maximum atomic E-state index is 4.44. The number of imidazole rings is 1. The third kappa shape index (κ3) is 2.07. The van der Waals surface area contributed by atoms with E-state index in [1.807, 2.05) is 31.3 Å². The minimum atomic E-state index is 0. The van der Waals surface area contributed by atoms with Gasteiger partial charge in [-0.3, -0.25) is 0 Å². The molecule has 0 fully saturated rings. The Bertz CT molecular complexity index is 412. The summed E-state index contributed by atoms with van der Waals surface area (Å²) in [6.07, 6.45) is 3.55. The van der Waals surface area contributed by atoms with Gasteiger partial charge < -0.3 is 4.98 Å². The van der Waals surface area contributed by atoms with Gasteiger partial charge in [0.15, 0.2) is 0 Å². The average Bonchev–Trinajstić information content (AvgIpc) is 2.62. The molecule has 0 unspecified atom stereocenters. The third-order valence-electron chi connectivity index (χ3n) is 1.99. The van der Waals surface area contributed by atoms with E-state index in [1.54, 1.807) is 6.20 Å². The first-order valence-corrected chi connectivity index (χ1v) is 4.52. The predicted octanol–water partition coefficient (Wildman–Crippen LogP) is 2.67. The fraction of sp³-hybridized carbons (Fsp3) is 0.100. The van der Waals surface area contributed by atoms with Gasteiger partial charge in [-0.05, 0) is 12.5 Å². The molecule has 0 radical (unpaired) electrons. The van der Waals surface area contributed by atoms with E-state index in [0.717, 1.165) is 21.8 Å².